The van der Waals surface area contributed by atoms with Gasteiger partial charge in [0, 0.05) is 18.3 Å². The van der Waals surface area contributed by atoms with Gasteiger partial charge in [0.2, 0.25) is 11.0 Å². The van der Waals surface area contributed by atoms with Crippen LogP contribution in [0.15, 0.2) is 23.3 Å². The first-order valence-electron chi connectivity index (χ1n) is 10.9. The van der Waals surface area contributed by atoms with Gasteiger partial charge in [-0.05, 0) is 51.1 Å². The molecule has 0 aliphatic rings. The fourth-order valence-corrected chi connectivity index (χ4v) is 3.13. The quantitative estimate of drug-likeness (QED) is 0.0982. The average Bonchev–Trinajstić information content (AvgIpc) is 2.81. The number of non-ortho nitro benzene ring substituents is 1. The summed E-state index contributed by atoms with van der Waals surface area (Å²) in [6, 6.07) is 3.06. The molecule has 1 atom stereocenters. The Morgan fingerprint density at radius 3 is 2.29 bits per heavy atom. The summed E-state index contributed by atoms with van der Waals surface area (Å²) in [6.45, 7) is 7.67. The molecule has 0 aromatic heterocycles. The molecule has 1 amide bonds. The third-order valence-corrected chi connectivity index (χ3v) is 5.24. The first kappa shape index (κ1) is 28.8. The Hall–Kier alpha value is -3.23. The lowest BCUT2D eigenvalue weighted by atomic mass is 10.0. The largest absolute Gasteiger partial charge is 0.320 e. The number of amides is 1. The van der Waals surface area contributed by atoms with Crippen LogP contribution in [0.3, 0.4) is 0 Å². The van der Waals surface area contributed by atoms with Crippen LogP contribution >= 0.6 is 12.2 Å². The lowest BCUT2D eigenvalue weighted by molar-refractivity contribution is -0.393. The van der Waals surface area contributed by atoms with Crippen LogP contribution in [0.1, 0.15) is 46.5 Å². The summed E-state index contributed by atoms with van der Waals surface area (Å²) >= 11 is 4.92. The molecule has 1 rings (SSSR count). The number of hydrogen-bond donors (Lipinski definition) is 4. The van der Waals surface area contributed by atoms with Crippen molar-refractivity contribution in [2.24, 2.45) is 16.9 Å². The topological polar surface area (TPSA) is 181 Å². The fourth-order valence-electron chi connectivity index (χ4n) is 3.08. The molecule has 0 saturated carbocycles. The molecule has 0 fully saturated rings. The minimum absolute atomic E-state index is 0.0540. The van der Waals surface area contributed by atoms with Crippen LogP contribution in [0, 0.1) is 26.1 Å². The summed E-state index contributed by atoms with van der Waals surface area (Å²) in [5.74, 6) is 3.92. The van der Waals surface area contributed by atoms with Gasteiger partial charge in [-0.2, -0.15) is 5.10 Å². The minimum atomic E-state index is -0.781. The molecule has 0 aliphatic carbocycles. The number of carbonyl (C=O) groups excluding carboxylic acids is 1. The van der Waals surface area contributed by atoms with E-state index >= 15 is 0 Å². The monoisotopic (exact) mass is 496 g/mol. The van der Waals surface area contributed by atoms with Gasteiger partial charge in [0.05, 0.1) is 21.8 Å². The summed E-state index contributed by atoms with van der Waals surface area (Å²) in [7, 11) is 0. The van der Waals surface area contributed by atoms with E-state index in [4.69, 9.17) is 18.1 Å². The van der Waals surface area contributed by atoms with Gasteiger partial charge in [0.25, 0.3) is 11.4 Å². The lowest BCUT2D eigenvalue weighted by Crippen LogP contribution is -2.42. The molecule has 1 aromatic carbocycles. The Balaban J connectivity index is 3.26. The number of benzene rings is 1. The first-order valence-corrected chi connectivity index (χ1v) is 11.3. The molecule has 0 spiro atoms. The highest BCUT2D eigenvalue weighted by Crippen LogP contribution is 2.29. The van der Waals surface area contributed by atoms with E-state index in [9.17, 15) is 25.0 Å². The average molecular weight is 497 g/mol. The van der Waals surface area contributed by atoms with Crippen molar-refractivity contribution in [3.05, 3.63) is 38.4 Å². The molecule has 0 bridgehead atoms. The molecule has 0 saturated heterocycles. The Morgan fingerprint density at radius 2 is 1.79 bits per heavy atom. The number of anilines is 1. The predicted molar refractivity (Wildman–Crippen MR) is 134 cm³/mol. The van der Waals surface area contributed by atoms with Gasteiger partial charge in [-0.1, -0.05) is 26.7 Å². The number of hydrogen-bond acceptors (Lipinski definition) is 9. The third kappa shape index (κ3) is 9.33. The zero-order chi connectivity index (χ0) is 25.7. The maximum Gasteiger partial charge on any atom is 0.299 e. The van der Waals surface area contributed by atoms with Crippen LogP contribution in [-0.4, -0.2) is 51.1 Å². The van der Waals surface area contributed by atoms with Crippen molar-refractivity contribution in [3.8, 4) is 0 Å². The summed E-state index contributed by atoms with van der Waals surface area (Å²) in [5, 5.41) is 29.2. The van der Waals surface area contributed by atoms with Crippen LogP contribution in [-0.2, 0) is 4.79 Å². The molecule has 1 aromatic rings. The van der Waals surface area contributed by atoms with Crippen LogP contribution in [0.25, 0.3) is 0 Å². The van der Waals surface area contributed by atoms with Crippen molar-refractivity contribution in [1.29, 1.82) is 0 Å². The van der Waals surface area contributed by atoms with E-state index in [-0.39, 0.29) is 10.8 Å². The highest BCUT2D eigenvalue weighted by atomic mass is 32.1. The Labute approximate surface area is 203 Å². The molecule has 34 heavy (non-hydrogen) atoms. The Bertz CT molecular complexity index is 903. The number of nitrogens with one attached hydrogen (secondary N) is 3. The number of nitro benzene ring substituents is 2. The summed E-state index contributed by atoms with van der Waals surface area (Å²) in [6.07, 6.45) is 3.86. The summed E-state index contributed by atoms with van der Waals surface area (Å²) in [5.41, 5.74) is 4.00. The highest BCUT2D eigenvalue weighted by molar-refractivity contribution is 7.80. The van der Waals surface area contributed by atoms with Crippen molar-refractivity contribution in [2.45, 2.75) is 46.5 Å². The van der Waals surface area contributed by atoms with Crippen molar-refractivity contribution < 1.29 is 14.6 Å². The summed E-state index contributed by atoms with van der Waals surface area (Å²) in [4.78, 5) is 36.4. The lowest BCUT2D eigenvalue weighted by Gasteiger charge is -2.27. The number of hydrazone groups is 1. The van der Waals surface area contributed by atoms with E-state index in [0.29, 0.717) is 12.3 Å². The van der Waals surface area contributed by atoms with Crippen molar-refractivity contribution in [1.82, 2.24) is 15.8 Å². The van der Waals surface area contributed by atoms with Crippen LogP contribution < -0.4 is 22.0 Å². The van der Waals surface area contributed by atoms with Crippen molar-refractivity contribution in [3.63, 3.8) is 0 Å². The number of thiocarbonyl (C=S) groups is 1. The molecule has 14 heteroatoms. The van der Waals surface area contributed by atoms with Crippen molar-refractivity contribution >= 4 is 46.0 Å². The molecule has 0 radical (unpaired) electrons. The molecular formula is C20H32N8O5S. The Kier molecular flexibility index (Phi) is 12.6. The molecule has 13 nitrogen and oxygen atoms in total. The van der Waals surface area contributed by atoms with Gasteiger partial charge < -0.3 is 10.2 Å². The minimum Gasteiger partial charge on any atom is -0.320 e. The summed E-state index contributed by atoms with van der Waals surface area (Å²) < 4.78 is 0. The number of carbonyl (C=O) groups is 1. The second-order valence-electron chi connectivity index (χ2n) is 7.60. The van der Waals surface area contributed by atoms with Gasteiger partial charge in [-0.25, -0.2) is 5.84 Å². The molecule has 0 heterocycles. The zero-order valence-corrected chi connectivity index (χ0v) is 20.4. The van der Waals surface area contributed by atoms with Crippen LogP contribution in [0.4, 0.5) is 17.1 Å². The van der Waals surface area contributed by atoms with Crippen molar-refractivity contribution in [2.75, 3.05) is 25.0 Å². The van der Waals surface area contributed by atoms with Crippen LogP contribution in [0.5, 0.6) is 0 Å². The van der Waals surface area contributed by atoms with E-state index in [2.05, 4.69) is 40.0 Å². The SMILES string of the molecule is CCCCN(CCCC)CC(C(=O)Nc1ccc([N+](=O)[O-])cc1[N+](=O)[O-])C(C)=NNC(=S)NN. The highest BCUT2D eigenvalue weighted by Gasteiger charge is 2.28. The van der Waals surface area contributed by atoms with Gasteiger partial charge in [-0.3, -0.25) is 35.9 Å². The van der Waals surface area contributed by atoms with E-state index in [1.54, 1.807) is 6.92 Å². The van der Waals surface area contributed by atoms with Gasteiger partial charge in [-0.15, -0.1) is 0 Å². The maximum absolute atomic E-state index is 13.3. The number of rotatable bonds is 14. The number of hydrazine groups is 1. The second-order valence-corrected chi connectivity index (χ2v) is 8.01. The van der Waals surface area contributed by atoms with E-state index < -0.39 is 33.0 Å². The third-order valence-electron chi connectivity index (χ3n) is 5.03. The molecule has 5 N–H and O–H groups in total. The fraction of sp³-hybridized carbons (Fsp3) is 0.550. The first-order chi connectivity index (χ1) is 16.1. The van der Waals surface area contributed by atoms with E-state index in [1.807, 2.05) is 0 Å². The molecular weight excluding hydrogens is 464 g/mol. The zero-order valence-electron chi connectivity index (χ0n) is 19.6. The number of unbranched alkanes of at least 4 members (excludes halogenated alkanes) is 2. The standard InChI is InChI=1S/C20H32N8O5S/c1-4-6-10-26(11-7-5-2)13-16(14(3)24-25-20(34)23-21)19(29)22-17-9-8-15(27(30)31)12-18(17)28(32)33/h8-9,12,16H,4-7,10-11,13,21H2,1-3H3,(H,22,29)(H2,23,25,34). The van der Waals surface area contributed by atoms with E-state index in [0.717, 1.165) is 57.0 Å². The molecule has 0 aliphatic heterocycles. The molecule has 188 valence electrons. The number of nitrogens with two attached hydrogens (primary N) is 1. The number of nitro groups is 2. The van der Waals surface area contributed by atoms with Gasteiger partial charge >= 0.3 is 0 Å². The predicted octanol–water partition coefficient (Wildman–Crippen LogP) is 2.67. The second kappa shape index (κ2) is 14.8. The van der Waals surface area contributed by atoms with Gasteiger partial charge in [0.15, 0.2) is 0 Å². The van der Waals surface area contributed by atoms with Gasteiger partial charge in [0.1, 0.15) is 5.69 Å². The normalized spacial score (nSPS) is 12.2. The number of nitrogens with zero attached hydrogens (tertiary/aromatic N) is 4. The maximum atomic E-state index is 13.3. The smallest absolute Gasteiger partial charge is 0.299 e. The van der Waals surface area contributed by atoms with Crippen LogP contribution in [0.2, 0.25) is 0 Å². The van der Waals surface area contributed by atoms with E-state index in [1.165, 1.54) is 0 Å². The molecule has 1 unspecified atom stereocenters. The Morgan fingerprint density at radius 1 is 1.18 bits per heavy atom.